The quantitative estimate of drug-likeness (QED) is 0.693. The minimum absolute atomic E-state index is 0.785. The highest BCUT2D eigenvalue weighted by molar-refractivity contribution is 9.09. The van der Waals surface area contributed by atoms with Crippen molar-refractivity contribution in [3.8, 4) is 0 Å². The van der Waals surface area contributed by atoms with Crippen LogP contribution in [-0.4, -0.2) is 41.4 Å². The second-order valence-corrected chi connectivity index (χ2v) is 5.29. The van der Waals surface area contributed by atoms with Gasteiger partial charge in [0.2, 0.25) is 0 Å². The van der Waals surface area contributed by atoms with Crippen LogP contribution in [0.25, 0.3) is 0 Å². The first kappa shape index (κ1) is 9.87. The number of alkyl halides is 1. The molecule has 0 atom stereocenters. The Kier molecular flexibility index (Phi) is 4.88. The predicted molar refractivity (Wildman–Crippen MR) is 56.8 cm³/mol. The summed E-state index contributed by atoms with van der Waals surface area (Å²) >= 11 is 5.59. The monoisotopic (exact) mass is 237 g/mol. The highest BCUT2D eigenvalue weighted by Crippen LogP contribution is 2.17. The van der Waals surface area contributed by atoms with Gasteiger partial charge in [-0.15, -0.1) is 0 Å². The van der Waals surface area contributed by atoms with Crippen molar-refractivity contribution in [2.45, 2.75) is 17.7 Å². The summed E-state index contributed by atoms with van der Waals surface area (Å²) in [5.41, 5.74) is 0. The molecule has 0 radical (unpaired) electrons. The van der Waals surface area contributed by atoms with Crippen LogP contribution < -0.4 is 0 Å². The molecule has 3 heteroatoms. The summed E-state index contributed by atoms with van der Waals surface area (Å²) in [6, 6.07) is 0. The summed E-state index contributed by atoms with van der Waals surface area (Å²) in [4.78, 5) is 3.35. The molecule has 1 nitrogen and oxygen atoms in total. The molecule has 1 aliphatic rings. The maximum atomic E-state index is 3.65. The van der Waals surface area contributed by atoms with Gasteiger partial charge < -0.3 is 4.90 Å². The molecule has 1 heterocycles. The van der Waals surface area contributed by atoms with E-state index < -0.39 is 0 Å². The number of thioether (sulfide) groups is 1. The topological polar surface area (TPSA) is 3.24 Å². The van der Waals surface area contributed by atoms with Crippen molar-refractivity contribution in [1.82, 2.24) is 4.90 Å². The fraction of sp³-hybridized carbons (Fsp3) is 1.00. The molecule has 11 heavy (non-hydrogen) atoms. The molecule has 0 bridgehead atoms. The smallest absolute Gasteiger partial charge is 0.0170 e. The Balaban J connectivity index is 2.07. The van der Waals surface area contributed by atoms with Crippen LogP contribution in [0.2, 0.25) is 0 Å². The van der Waals surface area contributed by atoms with Crippen LogP contribution >= 0.6 is 27.7 Å². The summed E-state index contributed by atoms with van der Waals surface area (Å²) < 4.78 is 0. The van der Waals surface area contributed by atoms with Gasteiger partial charge in [-0.25, -0.2) is 0 Å². The van der Waals surface area contributed by atoms with Crippen LogP contribution in [0.4, 0.5) is 0 Å². The van der Waals surface area contributed by atoms with Crippen LogP contribution in [0.5, 0.6) is 0 Å². The zero-order chi connectivity index (χ0) is 8.10. The lowest BCUT2D eigenvalue weighted by molar-refractivity contribution is 0.248. The van der Waals surface area contributed by atoms with E-state index in [0.717, 1.165) is 4.83 Å². The van der Waals surface area contributed by atoms with Crippen molar-refractivity contribution in [2.24, 2.45) is 0 Å². The summed E-state index contributed by atoms with van der Waals surface area (Å²) in [6.07, 6.45) is 4.83. The van der Waals surface area contributed by atoms with Gasteiger partial charge in [0.15, 0.2) is 0 Å². The third-order valence-corrected chi connectivity index (χ3v) is 3.64. The molecular formula is C8H16BrNS. The van der Waals surface area contributed by atoms with E-state index in [1.165, 1.54) is 38.2 Å². The maximum absolute atomic E-state index is 3.65. The Morgan fingerprint density at radius 2 is 2.09 bits per heavy atom. The van der Waals surface area contributed by atoms with Crippen LogP contribution in [0.15, 0.2) is 0 Å². The third-order valence-electron chi connectivity index (χ3n) is 2.13. The minimum Gasteiger partial charge on any atom is -0.302 e. The molecule has 1 aliphatic heterocycles. The molecule has 0 aliphatic carbocycles. The lowest BCUT2D eigenvalue weighted by Crippen LogP contribution is -2.35. The molecule has 66 valence electrons. The first-order valence-corrected chi connectivity index (χ1v) is 6.49. The minimum atomic E-state index is 0.785. The van der Waals surface area contributed by atoms with Crippen molar-refractivity contribution >= 4 is 27.7 Å². The van der Waals surface area contributed by atoms with Gasteiger partial charge in [-0.2, -0.15) is 11.8 Å². The van der Waals surface area contributed by atoms with Gasteiger partial charge in [0.25, 0.3) is 0 Å². The molecule has 0 N–H and O–H groups in total. The largest absolute Gasteiger partial charge is 0.302 e. The zero-order valence-corrected chi connectivity index (χ0v) is 9.46. The van der Waals surface area contributed by atoms with Crippen LogP contribution in [0.3, 0.4) is 0 Å². The molecule has 1 fully saturated rings. The summed E-state index contributed by atoms with van der Waals surface area (Å²) in [5, 5.41) is 0. The lowest BCUT2D eigenvalue weighted by atomic mass is 10.1. The highest BCUT2D eigenvalue weighted by Gasteiger charge is 2.15. The maximum Gasteiger partial charge on any atom is 0.0170 e. The third kappa shape index (κ3) is 3.81. The summed E-state index contributed by atoms with van der Waals surface area (Å²) in [5.74, 6) is 1.28. The van der Waals surface area contributed by atoms with Crippen LogP contribution in [-0.2, 0) is 0 Å². The molecule has 1 saturated heterocycles. The van der Waals surface area contributed by atoms with Gasteiger partial charge in [-0.05, 0) is 32.2 Å². The Labute approximate surface area is 82.0 Å². The second-order valence-electron chi connectivity index (χ2n) is 3.01. The van der Waals surface area contributed by atoms with Crippen molar-refractivity contribution < 1.29 is 0 Å². The van der Waals surface area contributed by atoms with E-state index in [0.29, 0.717) is 0 Å². The summed E-state index contributed by atoms with van der Waals surface area (Å²) in [6.45, 7) is 3.85. The Hall–Kier alpha value is 0.790. The molecular weight excluding hydrogens is 222 g/mol. The second kappa shape index (κ2) is 5.44. The van der Waals surface area contributed by atoms with E-state index in [9.17, 15) is 0 Å². The first-order chi connectivity index (χ1) is 5.33. The van der Waals surface area contributed by atoms with Crippen LogP contribution in [0, 0.1) is 0 Å². The van der Waals surface area contributed by atoms with Gasteiger partial charge >= 0.3 is 0 Å². The average Bonchev–Trinajstić information content (AvgIpc) is 2.04. The van der Waals surface area contributed by atoms with E-state index >= 15 is 0 Å². The van der Waals surface area contributed by atoms with Gasteiger partial charge in [0, 0.05) is 17.1 Å². The Morgan fingerprint density at radius 1 is 1.45 bits per heavy atom. The SMILES string of the molecule is CSCCN1CCC(Br)CC1. The number of likely N-dealkylation sites (tertiary alicyclic amines) is 1. The standard InChI is InChI=1S/C8H16BrNS/c1-11-7-6-10-4-2-8(9)3-5-10/h8H,2-7H2,1H3. The lowest BCUT2D eigenvalue weighted by Gasteiger charge is -2.28. The van der Waals surface area contributed by atoms with Gasteiger partial charge in [0.1, 0.15) is 0 Å². The molecule has 0 spiro atoms. The molecule has 0 unspecified atom stereocenters. The van der Waals surface area contributed by atoms with Gasteiger partial charge in [0.05, 0.1) is 0 Å². The number of nitrogens with zero attached hydrogens (tertiary/aromatic N) is 1. The molecule has 0 aromatic rings. The molecule has 1 rings (SSSR count). The number of halogens is 1. The van der Waals surface area contributed by atoms with Gasteiger partial charge in [-0.3, -0.25) is 0 Å². The molecule has 0 aromatic carbocycles. The van der Waals surface area contributed by atoms with E-state index in [-0.39, 0.29) is 0 Å². The number of rotatable bonds is 3. The van der Waals surface area contributed by atoms with Crippen molar-refractivity contribution in [3.63, 3.8) is 0 Å². The Bertz CT molecular complexity index is 99.5. The normalized spacial score (nSPS) is 22.4. The first-order valence-electron chi connectivity index (χ1n) is 4.18. The number of piperidine rings is 1. The van der Waals surface area contributed by atoms with Crippen molar-refractivity contribution in [3.05, 3.63) is 0 Å². The molecule has 0 amide bonds. The zero-order valence-electron chi connectivity index (χ0n) is 7.05. The van der Waals surface area contributed by atoms with E-state index in [4.69, 9.17) is 0 Å². The molecule has 0 saturated carbocycles. The fourth-order valence-electron chi connectivity index (χ4n) is 1.35. The van der Waals surface area contributed by atoms with E-state index in [1.54, 1.807) is 0 Å². The summed E-state index contributed by atoms with van der Waals surface area (Å²) in [7, 11) is 0. The Morgan fingerprint density at radius 3 is 2.64 bits per heavy atom. The molecule has 0 aromatic heterocycles. The van der Waals surface area contributed by atoms with Crippen molar-refractivity contribution in [2.75, 3.05) is 31.6 Å². The average molecular weight is 238 g/mol. The number of hydrogen-bond donors (Lipinski definition) is 0. The van der Waals surface area contributed by atoms with E-state index in [2.05, 4.69) is 27.1 Å². The number of hydrogen-bond acceptors (Lipinski definition) is 2. The fourth-order valence-corrected chi connectivity index (χ4v) is 2.20. The van der Waals surface area contributed by atoms with E-state index in [1.807, 2.05) is 11.8 Å². The van der Waals surface area contributed by atoms with Crippen LogP contribution in [0.1, 0.15) is 12.8 Å². The van der Waals surface area contributed by atoms with Crippen molar-refractivity contribution in [1.29, 1.82) is 0 Å². The van der Waals surface area contributed by atoms with Gasteiger partial charge in [-0.1, -0.05) is 15.9 Å². The highest BCUT2D eigenvalue weighted by atomic mass is 79.9. The predicted octanol–water partition coefficient (Wildman–Crippen LogP) is 2.21.